The molecule has 1 rings (SSSR count). The second-order valence-electron chi connectivity index (χ2n) is 4.37. The molecule has 0 spiro atoms. The molecule has 0 aromatic heterocycles. The van der Waals surface area contributed by atoms with Crippen molar-refractivity contribution in [3.05, 3.63) is 0 Å². The van der Waals surface area contributed by atoms with Gasteiger partial charge in [0.05, 0.1) is 0 Å². The first-order valence-electron chi connectivity index (χ1n) is 5.01. The van der Waals surface area contributed by atoms with Gasteiger partial charge in [-0.1, -0.05) is 0 Å². The summed E-state index contributed by atoms with van der Waals surface area (Å²) < 4.78 is 181. The molecule has 1 aliphatic carbocycles. The zero-order chi connectivity index (χ0) is 19.8. The summed E-state index contributed by atoms with van der Waals surface area (Å²) in [6.45, 7) is 0. The van der Waals surface area contributed by atoms with Crippen LogP contribution in [0.4, 0.5) is 61.5 Å². The summed E-state index contributed by atoms with van der Waals surface area (Å²) in [6, 6.07) is -4.80. The smallest absolute Gasteiger partial charge is 0.257 e. The molecule has 0 aliphatic heterocycles. The van der Waals surface area contributed by atoms with Crippen molar-refractivity contribution in [1.82, 2.24) is 0 Å². The molecule has 0 N–H and O–H groups in total. The molecule has 1 aliphatic rings. The minimum Gasteiger partial charge on any atom is -0.257 e. The van der Waals surface area contributed by atoms with Crippen LogP contribution in [0, 0.1) is 0 Å². The highest BCUT2D eigenvalue weighted by molar-refractivity contribution is 5.82. The van der Waals surface area contributed by atoms with E-state index < -0.39 is 47.6 Å². The van der Waals surface area contributed by atoms with E-state index in [4.69, 9.17) is 0 Å². The summed E-state index contributed by atoms with van der Waals surface area (Å²) in [6.07, 6.45) is -6.97. The molecule has 0 saturated heterocycles. The first-order valence-corrected chi connectivity index (χ1v) is 5.01. The van der Waals surface area contributed by atoms with Crippen molar-refractivity contribution in [2.24, 2.45) is 0 Å². The molecule has 1 fully saturated rings. The molecule has 0 aromatic rings. The number of rotatable bonds is 2. The van der Waals surface area contributed by atoms with E-state index in [9.17, 15) is 66.3 Å². The van der Waals surface area contributed by atoms with Crippen LogP contribution in [0.15, 0.2) is 0 Å². The molecule has 24 heavy (non-hydrogen) atoms. The number of ether oxygens (including phenoxy) is 1. The van der Waals surface area contributed by atoms with E-state index in [2.05, 4.69) is 0 Å². The van der Waals surface area contributed by atoms with Crippen molar-refractivity contribution in [3.63, 3.8) is 0 Å². The minimum atomic E-state index is -7.77. The maximum Gasteiger partial charge on any atom is 0.525 e. The SMILES string of the molecule is O=C(F)C1(F)C(F)(F)C(F)(F)C(F)(OC(F)(F)F)C(F)(F)C1(F)F. The average Bonchev–Trinajstić information content (AvgIpc) is 2.32. The van der Waals surface area contributed by atoms with Gasteiger partial charge in [-0.25, -0.2) is 9.13 Å². The molecule has 0 radical (unpaired) electrons. The predicted octanol–water partition coefficient (Wildman–Crippen LogP) is 3.95. The molecule has 0 atom stereocenters. The second kappa shape index (κ2) is 4.63. The second-order valence-corrected chi connectivity index (χ2v) is 4.37. The highest BCUT2D eigenvalue weighted by atomic mass is 19.4. The van der Waals surface area contributed by atoms with Gasteiger partial charge in [-0.2, -0.15) is 43.9 Å². The molecule has 0 amide bonds. The Bertz CT molecular complexity index is 519. The molecular formula is C8F14O2. The van der Waals surface area contributed by atoms with Crippen LogP contribution >= 0.6 is 0 Å². The van der Waals surface area contributed by atoms with Crippen molar-refractivity contribution in [1.29, 1.82) is 0 Å². The van der Waals surface area contributed by atoms with Gasteiger partial charge in [0.25, 0.3) is 0 Å². The molecule has 0 aromatic carbocycles. The van der Waals surface area contributed by atoms with Crippen molar-refractivity contribution < 1.29 is 71.0 Å². The van der Waals surface area contributed by atoms with Gasteiger partial charge in [0.15, 0.2) is 0 Å². The Balaban J connectivity index is 3.92. The lowest BCUT2D eigenvalue weighted by Gasteiger charge is -2.52. The van der Waals surface area contributed by atoms with E-state index >= 15 is 0 Å². The Labute approximate surface area is 120 Å². The Morgan fingerprint density at radius 3 is 1.17 bits per heavy atom. The zero-order valence-electron chi connectivity index (χ0n) is 10.1. The lowest BCUT2D eigenvalue weighted by Crippen LogP contribution is -2.87. The van der Waals surface area contributed by atoms with Gasteiger partial charge in [0.2, 0.25) is 0 Å². The summed E-state index contributed by atoms with van der Waals surface area (Å²) in [5.41, 5.74) is -7.39. The highest BCUT2D eigenvalue weighted by Gasteiger charge is 3.03. The molecule has 0 bridgehead atoms. The summed E-state index contributed by atoms with van der Waals surface area (Å²) >= 11 is 0. The van der Waals surface area contributed by atoms with Crippen molar-refractivity contribution in [3.8, 4) is 0 Å². The number of hydrogen-bond acceptors (Lipinski definition) is 2. The zero-order valence-corrected chi connectivity index (χ0v) is 10.1. The van der Waals surface area contributed by atoms with Gasteiger partial charge in [0, 0.05) is 0 Å². The monoisotopic (exact) mass is 394 g/mol. The average molecular weight is 394 g/mol. The highest BCUT2D eigenvalue weighted by Crippen LogP contribution is 2.70. The summed E-state index contributed by atoms with van der Waals surface area (Å²) in [5.74, 6) is -38.5. The van der Waals surface area contributed by atoms with Gasteiger partial charge in [-0.3, -0.25) is 4.79 Å². The van der Waals surface area contributed by atoms with Crippen LogP contribution in [-0.4, -0.2) is 47.6 Å². The molecule has 16 heteroatoms. The first kappa shape index (κ1) is 20.7. The molecule has 1 saturated carbocycles. The van der Waals surface area contributed by atoms with Crippen LogP contribution in [0.3, 0.4) is 0 Å². The first-order chi connectivity index (χ1) is 10.2. The number of carbonyl (C=O) groups is 1. The maximum atomic E-state index is 13.4. The quantitative estimate of drug-likeness (QED) is 0.524. The molecule has 142 valence electrons. The third kappa shape index (κ3) is 1.91. The van der Waals surface area contributed by atoms with Gasteiger partial charge in [0.1, 0.15) is 0 Å². The Morgan fingerprint density at radius 1 is 0.667 bits per heavy atom. The van der Waals surface area contributed by atoms with Gasteiger partial charge >= 0.3 is 47.6 Å². The fourth-order valence-electron chi connectivity index (χ4n) is 1.77. The molecule has 0 unspecified atom stereocenters. The van der Waals surface area contributed by atoms with E-state index in [0.717, 1.165) is 0 Å². The van der Waals surface area contributed by atoms with Crippen LogP contribution in [0.25, 0.3) is 0 Å². The van der Waals surface area contributed by atoms with Gasteiger partial charge in [-0.15, -0.1) is 13.2 Å². The largest absolute Gasteiger partial charge is 0.525 e. The number of halogens is 14. The number of hydrogen-bond donors (Lipinski definition) is 0. The van der Waals surface area contributed by atoms with Crippen LogP contribution in [0.1, 0.15) is 0 Å². The van der Waals surface area contributed by atoms with Gasteiger partial charge < -0.3 is 0 Å². The van der Waals surface area contributed by atoms with Gasteiger partial charge in [-0.05, 0) is 0 Å². The van der Waals surface area contributed by atoms with E-state index in [1.54, 1.807) is 0 Å². The lowest BCUT2D eigenvalue weighted by atomic mass is 9.71. The van der Waals surface area contributed by atoms with E-state index in [-0.39, 0.29) is 0 Å². The van der Waals surface area contributed by atoms with E-state index in [1.165, 1.54) is 4.74 Å². The number of carbonyl (C=O) groups excluding carboxylic acids is 1. The maximum absolute atomic E-state index is 13.4. The Morgan fingerprint density at radius 2 is 0.958 bits per heavy atom. The van der Waals surface area contributed by atoms with Crippen molar-refractivity contribution in [2.75, 3.05) is 0 Å². The number of alkyl halides is 13. The van der Waals surface area contributed by atoms with Crippen LogP contribution in [0.5, 0.6) is 0 Å². The Kier molecular flexibility index (Phi) is 3.99. The standard InChI is InChI=1S/C8F14O2/c9-1(23)2(10)3(11,12)5(15,16)7(19,24-8(20,21)22)6(17,18)4(2,13)14. The molecule has 2 nitrogen and oxygen atoms in total. The topological polar surface area (TPSA) is 26.3 Å². The fraction of sp³-hybridized carbons (Fsp3) is 0.875. The normalized spacial score (nSPS) is 37.1. The third-order valence-electron chi connectivity index (χ3n) is 2.99. The van der Waals surface area contributed by atoms with Crippen LogP contribution in [-0.2, 0) is 9.53 Å². The lowest BCUT2D eigenvalue weighted by molar-refractivity contribution is -0.540. The fourth-order valence-corrected chi connectivity index (χ4v) is 1.77. The van der Waals surface area contributed by atoms with Crippen LogP contribution < -0.4 is 0 Å². The molecule has 0 heterocycles. The predicted molar refractivity (Wildman–Crippen MR) is 40.7 cm³/mol. The third-order valence-corrected chi connectivity index (χ3v) is 2.99. The summed E-state index contributed by atoms with van der Waals surface area (Å²) in [7, 11) is 0. The Hall–Kier alpha value is -1.35. The van der Waals surface area contributed by atoms with E-state index in [0.29, 0.717) is 0 Å². The van der Waals surface area contributed by atoms with Crippen LogP contribution in [0.2, 0.25) is 0 Å². The van der Waals surface area contributed by atoms with Crippen molar-refractivity contribution in [2.45, 2.75) is 41.6 Å². The molecular weight excluding hydrogens is 394 g/mol. The van der Waals surface area contributed by atoms with E-state index in [1.807, 2.05) is 0 Å². The summed E-state index contributed by atoms with van der Waals surface area (Å²) in [4.78, 5) is 9.97. The summed E-state index contributed by atoms with van der Waals surface area (Å²) in [5, 5.41) is 0. The van der Waals surface area contributed by atoms with Crippen molar-refractivity contribution >= 4 is 6.04 Å². The minimum absolute atomic E-state index is 1.41.